The molecule has 0 saturated carbocycles. The van der Waals surface area contributed by atoms with Gasteiger partial charge in [-0.25, -0.2) is 18.6 Å². The molecule has 4 nitrogen and oxygen atoms in total. The minimum Gasteiger partial charge on any atom is -0.486 e. The average molecular weight is 238 g/mol. The van der Waals surface area contributed by atoms with Crippen LogP contribution in [-0.2, 0) is 0 Å². The maximum absolute atomic E-state index is 11.8. The van der Waals surface area contributed by atoms with E-state index < -0.39 is 19.0 Å². The summed E-state index contributed by atoms with van der Waals surface area (Å²) in [5.74, 6) is -1.29. The van der Waals surface area contributed by atoms with Crippen molar-refractivity contribution in [3.8, 4) is 5.75 Å². The lowest BCUT2D eigenvalue weighted by atomic mass is 10.3. The van der Waals surface area contributed by atoms with Crippen molar-refractivity contribution in [2.75, 3.05) is 6.61 Å². The number of pyridine rings is 1. The molecule has 0 aromatic carbocycles. The maximum Gasteiger partial charge on any atom is 0.356 e. The van der Waals surface area contributed by atoms with Gasteiger partial charge in [-0.05, 0) is 0 Å². The van der Waals surface area contributed by atoms with Crippen molar-refractivity contribution >= 4 is 17.6 Å². The highest BCUT2D eigenvalue weighted by atomic mass is 35.5. The van der Waals surface area contributed by atoms with Crippen LogP contribution in [0.4, 0.5) is 8.78 Å². The van der Waals surface area contributed by atoms with Crippen LogP contribution >= 0.6 is 11.6 Å². The fraction of sp³-hybridized carbons (Fsp3) is 0.250. The van der Waals surface area contributed by atoms with Gasteiger partial charge in [-0.3, -0.25) is 0 Å². The Bertz CT molecular complexity index is 373. The Hall–Kier alpha value is -1.43. The van der Waals surface area contributed by atoms with Gasteiger partial charge < -0.3 is 9.84 Å². The van der Waals surface area contributed by atoms with E-state index in [0.29, 0.717) is 0 Å². The summed E-state index contributed by atoms with van der Waals surface area (Å²) in [5.41, 5.74) is -0.346. The van der Waals surface area contributed by atoms with E-state index >= 15 is 0 Å². The Balaban J connectivity index is 2.78. The van der Waals surface area contributed by atoms with Crippen LogP contribution < -0.4 is 4.74 Å². The Kier molecular flexibility index (Phi) is 3.79. The SMILES string of the molecule is O=C(O)c1ncc(OCC(F)F)cc1Cl. The van der Waals surface area contributed by atoms with Gasteiger partial charge in [0.2, 0.25) is 0 Å². The van der Waals surface area contributed by atoms with E-state index in [1.165, 1.54) is 0 Å². The second-order valence-electron chi connectivity index (χ2n) is 2.51. The molecule has 1 aromatic heterocycles. The Labute approximate surface area is 88.4 Å². The Morgan fingerprint density at radius 3 is 2.80 bits per heavy atom. The van der Waals surface area contributed by atoms with E-state index in [0.717, 1.165) is 12.3 Å². The molecule has 82 valence electrons. The second-order valence-corrected chi connectivity index (χ2v) is 2.92. The molecule has 1 heterocycles. The number of hydrogen-bond acceptors (Lipinski definition) is 3. The predicted molar refractivity (Wildman–Crippen MR) is 47.7 cm³/mol. The summed E-state index contributed by atoms with van der Waals surface area (Å²) in [4.78, 5) is 13.9. The lowest BCUT2D eigenvalue weighted by Crippen LogP contribution is -2.08. The average Bonchev–Trinajstić information content (AvgIpc) is 2.14. The first-order valence-corrected chi connectivity index (χ1v) is 4.18. The largest absolute Gasteiger partial charge is 0.486 e. The number of carbonyl (C=O) groups is 1. The summed E-state index contributed by atoms with van der Waals surface area (Å²) in [6.45, 7) is -0.787. The zero-order valence-electron chi connectivity index (χ0n) is 7.28. The molecule has 15 heavy (non-hydrogen) atoms. The minimum atomic E-state index is -2.61. The van der Waals surface area contributed by atoms with Crippen LogP contribution in [0, 0.1) is 0 Å². The lowest BCUT2D eigenvalue weighted by Gasteiger charge is -2.05. The van der Waals surface area contributed by atoms with Gasteiger partial charge in [0.15, 0.2) is 5.69 Å². The first kappa shape index (κ1) is 11.6. The van der Waals surface area contributed by atoms with E-state index in [9.17, 15) is 13.6 Å². The molecule has 0 saturated heterocycles. The summed E-state index contributed by atoms with van der Waals surface area (Å²) in [5, 5.41) is 8.41. The van der Waals surface area contributed by atoms with Crippen LogP contribution in [0.15, 0.2) is 12.3 Å². The number of ether oxygens (including phenoxy) is 1. The zero-order valence-corrected chi connectivity index (χ0v) is 8.04. The summed E-state index contributed by atoms with van der Waals surface area (Å²) in [6.07, 6.45) is -1.58. The molecule has 0 unspecified atom stereocenters. The van der Waals surface area contributed by atoms with Crippen molar-refractivity contribution in [2.24, 2.45) is 0 Å². The smallest absolute Gasteiger partial charge is 0.356 e. The van der Waals surface area contributed by atoms with E-state index in [1.54, 1.807) is 0 Å². The van der Waals surface area contributed by atoms with E-state index in [2.05, 4.69) is 9.72 Å². The van der Waals surface area contributed by atoms with Crippen molar-refractivity contribution in [2.45, 2.75) is 6.43 Å². The molecule has 0 bridgehead atoms. The van der Waals surface area contributed by atoms with Crippen LogP contribution in [0.5, 0.6) is 5.75 Å². The van der Waals surface area contributed by atoms with Gasteiger partial charge in [-0.15, -0.1) is 0 Å². The third kappa shape index (κ3) is 3.32. The summed E-state index contributed by atoms with van der Waals surface area (Å²) >= 11 is 5.53. The number of aromatic nitrogens is 1. The molecule has 0 aliphatic heterocycles. The molecular formula is C8H6ClF2NO3. The molecular weight excluding hydrogens is 232 g/mol. The van der Waals surface area contributed by atoms with E-state index in [4.69, 9.17) is 16.7 Å². The number of alkyl halides is 2. The summed E-state index contributed by atoms with van der Waals surface area (Å²) in [7, 11) is 0. The normalized spacial score (nSPS) is 10.4. The Morgan fingerprint density at radius 1 is 1.67 bits per heavy atom. The third-order valence-electron chi connectivity index (χ3n) is 1.39. The molecule has 0 radical (unpaired) electrons. The molecule has 0 fully saturated rings. The van der Waals surface area contributed by atoms with Crippen LogP contribution in [0.2, 0.25) is 5.02 Å². The Morgan fingerprint density at radius 2 is 2.33 bits per heavy atom. The van der Waals surface area contributed by atoms with Gasteiger partial charge in [0, 0.05) is 6.07 Å². The quantitative estimate of drug-likeness (QED) is 0.871. The molecule has 0 aliphatic carbocycles. The van der Waals surface area contributed by atoms with Gasteiger partial charge >= 0.3 is 5.97 Å². The highest BCUT2D eigenvalue weighted by molar-refractivity contribution is 6.33. The van der Waals surface area contributed by atoms with Gasteiger partial charge in [-0.1, -0.05) is 11.6 Å². The van der Waals surface area contributed by atoms with Crippen molar-refractivity contribution in [3.05, 3.63) is 23.0 Å². The van der Waals surface area contributed by atoms with Crippen LogP contribution in [0.1, 0.15) is 10.5 Å². The van der Waals surface area contributed by atoms with Gasteiger partial charge in [0.1, 0.15) is 12.4 Å². The summed E-state index contributed by atoms with van der Waals surface area (Å²) in [6, 6.07) is 1.13. The van der Waals surface area contributed by atoms with Crippen molar-refractivity contribution in [1.29, 1.82) is 0 Å². The standard InChI is InChI=1S/C8H6ClF2NO3/c9-5-1-4(15-3-6(10)11)2-12-7(5)8(13)14/h1-2,6H,3H2,(H,13,14). The molecule has 0 amide bonds. The molecule has 1 rings (SSSR count). The molecule has 1 N–H and O–H groups in total. The predicted octanol–water partition coefficient (Wildman–Crippen LogP) is 2.08. The van der Waals surface area contributed by atoms with Crippen molar-refractivity contribution < 1.29 is 23.4 Å². The zero-order chi connectivity index (χ0) is 11.4. The molecule has 1 aromatic rings. The molecule has 0 atom stereocenters. The minimum absolute atomic E-state index is 0.00491. The first-order chi connectivity index (χ1) is 7.00. The van der Waals surface area contributed by atoms with Gasteiger partial charge in [0.05, 0.1) is 11.2 Å². The topological polar surface area (TPSA) is 59.4 Å². The number of halogens is 3. The lowest BCUT2D eigenvalue weighted by molar-refractivity contribution is 0.0688. The van der Waals surface area contributed by atoms with Gasteiger partial charge in [-0.2, -0.15) is 0 Å². The number of rotatable bonds is 4. The maximum atomic E-state index is 11.8. The number of nitrogens with zero attached hydrogens (tertiary/aromatic N) is 1. The van der Waals surface area contributed by atoms with Crippen LogP contribution in [0.3, 0.4) is 0 Å². The van der Waals surface area contributed by atoms with E-state index in [1.807, 2.05) is 0 Å². The molecule has 0 aliphatic rings. The molecule has 7 heteroatoms. The fourth-order valence-electron chi connectivity index (χ4n) is 0.816. The molecule has 0 spiro atoms. The third-order valence-corrected chi connectivity index (χ3v) is 1.68. The second kappa shape index (κ2) is 4.88. The first-order valence-electron chi connectivity index (χ1n) is 3.80. The van der Waals surface area contributed by atoms with Crippen molar-refractivity contribution in [3.63, 3.8) is 0 Å². The van der Waals surface area contributed by atoms with Gasteiger partial charge in [0.25, 0.3) is 6.43 Å². The summed E-state index contributed by atoms with van der Waals surface area (Å²) < 4.78 is 28.1. The fourth-order valence-corrected chi connectivity index (χ4v) is 1.05. The number of carboxylic acids is 1. The number of hydrogen-bond donors (Lipinski definition) is 1. The highest BCUT2D eigenvalue weighted by Gasteiger charge is 2.12. The highest BCUT2D eigenvalue weighted by Crippen LogP contribution is 2.20. The number of aromatic carboxylic acids is 1. The van der Waals surface area contributed by atoms with Crippen LogP contribution in [-0.4, -0.2) is 29.1 Å². The monoisotopic (exact) mass is 237 g/mol. The van der Waals surface area contributed by atoms with Crippen molar-refractivity contribution in [1.82, 2.24) is 4.98 Å². The number of carboxylic acid groups (broad SMARTS) is 1. The van der Waals surface area contributed by atoms with Crippen LogP contribution in [0.25, 0.3) is 0 Å². The van der Waals surface area contributed by atoms with E-state index in [-0.39, 0.29) is 16.5 Å².